The standard InChI is InChI=1S/C26H25ClN4O2S/c1-17(31(2)16-24(32)28-20-13-9-19(27)10-14-20)26(33)29-21-11-7-18(8-12-21)15-25-30-22-5-3-4-6-23(22)34-25/h3-14,17H,15-16H2,1-2H3,(H,28,32)(H,29,33)/t17-/m0/s1. The van der Waals surface area contributed by atoms with Crippen LogP contribution in [-0.2, 0) is 16.0 Å². The van der Waals surface area contributed by atoms with Crippen LogP contribution in [0.1, 0.15) is 17.5 Å². The number of halogens is 1. The van der Waals surface area contributed by atoms with Crippen molar-refractivity contribution >= 4 is 56.3 Å². The van der Waals surface area contributed by atoms with Gasteiger partial charge in [-0.1, -0.05) is 35.9 Å². The van der Waals surface area contributed by atoms with Gasteiger partial charge in [0.2, 0.25) is 11.8 Å². The molecule has 4 aromatic rings. The average molecular weight is 493 g/mol. The van der Waals surface area contributed by atoms with E-state index in [0.717, 1.165) is 22.5 Å². The summed E-state index contributed by atoms with van der Waals surface area (Å²) >= 11 is 7.56. The van der Waals surface area contributed by atoms with Gasteiger partial charge in [-0.15, -0.1) is 11.3 Å². The van der Waals surface area contributed by atoms with Gasteiger partial charge in [-0.25, -0.2) is 4.98 Å². The quantitative estimate of drug-likeness (QED) is 0.343. The summed E-state index contributed by atoms with van der Waals surface area (Å²) in [6.45, 7) is 1.85. The molecule has 0 aliphatic heterocycles. The summed E-state index contributed by atoms with van der Waals surface area (Å²) in [6.07, 6.45) is 0.745. The Bertz CT molecular complexity index is 1260. The Morgan fingerprint density at radius 1 is 0.971 bits per heavy atom. The van der Waals surface area contributed by atoms with E-state index < -0.39 is 6.04 Å². The second-order valence-electron chi connectivity index (χ2n) is 8.08. The first-order chi connectivity index (χ1) is 16.4. The molecule has 0 radical (unpaired) electrons. The lowest BCUT2D eigenvalue weighted by Crippen LogP contribution is -2.43. The van der Waals surface area contributed by atoms with E-state index in [1.807, 2.05) is 42.5 Å². The molecular weight excluding hydrogens is 468 g/mol. The van der Waals surface area contributed by atoms with Crippen LogP contribution in [0.3, 0.4) is 0 Å². The zero-order chi connectivity index (χ0) is 24.1. The largest absolute Gasteiger partial charge is 0.325 e. The van der Waals surface area contributed by atoms with E-state index in [0.29, 0.717) is 16.4 Å². The Labute approximate surface area is 207 Å². The van der Waals surface area contributed by atoms with Gasteiger partial charge in [-0.3, -0.25) is 14.5 Å². The summed E-state index contributed by atoms with van der Waals surface area (Å²) < 4.78 is 1.18. The summed E-state index contributed by atoms with van der Waals surface area (Å²) in [5.74, 6) is -0.385. The Balaban J connectivity index is 1.28. The minimum Gasteiger partial charge on any atom is -0.325 e. The number of nitrogens with zero attached hydrogens (tertiary/aromatic N) is 2. The van der Waals surface area contributed by atoms with Crippen molar-refractivity contribution in [3.8, 4) is 0 Å². The van der Waals surface area contributed by atoms with E-state index in [2.05, 4.69) is 21.7 Å². The van der Waals surface area contributed by atoms with Gasteiger partial charge in [-0.05, 0) is 68.1 Å². The van der Waals surface area contributed by atoms with Crippen LogP contribution in [0, 0.1) is 0 Å². The molecule has 0 saturated carbocycles. The van der Waals surface area contributed by atoms with Crippen molar-refractivity contribution in [1.82, 2.24) is 9.88 Å². The lowest BCUT2D eigenvalue weighted by atomic mass is 10.1. The first-order valence-corrected chi connectivity index (χ1v) is 12.1. The van der Waals surface area contributed by atoms with Crippen LogP contribution in [0.25, 0.3) is 10.2 Å². The first-order valence-electron chi connectivity index (χ1n) is 10.9. The highest BCUT2D eigenvalue weighted by Gasteiger charge is 2.20. The molecule has 0 aliphatic carbocycles. The van der Waals surface area contributed by atoms with Crippen molar-refractivity contribution in [1.29, 1.82) is 0 Å². The number of hydrogen-bond acceptors (Lipinski definition) is 5. The molecule has 8 heteroatoms. The molecule has 4 rings (SSSR count). The number of fused-ring (bicyclic) bond motifs is 1. The average Bonchev–Trinajstić information content (AvgIpc) is 3.23. The summed E-state index contributed by atoms with van der Waals surface area (Å²) in [6, 6.07) is 22.3. The molecule has 0 spiro atoms. The fourth-order valence-corrected chi connectivity index (χ4v) is 4.55. The highest BCUT2D eigenvalue weighted by atomic mass is 35.5. The maximum Gasteiger partial charge on any atom is 0.241 e. The highest BCUT2D eigenvalue weighted by Crippen LogP contribution is 2.24. The van der Waals surface area contributed by atoms with Crippen LogP contribution >= 0.6 is 22.9 Å². The number of hydrogen-bond donors (Lipinski definition) is 2. The molecule has 2 N–H and O–H groups in total. The third kappa shape index (κ3) is 6.20. The molecule has 6 nitrogen and oxygen atoms in total. The van der Waals surface area contributed by atoms with Crippen molar-refractivity contribution in [2.45, 2.75) is 19.4 Å². The summed E-state index contributed by atoms with van der Waals surface area (Å²) in [5.41, 5.74) is 3.52. The van der Waals surface area contributed by atoms with Crippen molar-refractivity contribution in [3.05, 3.63) is 88.4 Å². The molecule has 0 saturated heterocycles. The molecule has 0 unspecified atom stereocenters. The van der Waals surface area contributed by atoms with Crippen molar-refractivity contribution in [2.24, 2.45) is 0 Å². The van der Waals surface area contributed by atoms with E-state index in [1.165, 1.54) is 4.70 Å². The Morgan fingerprint density at radius 2 is 1.62 bits per heavy atom. The van der Waals surface area contributed by atoms with Gasteiger partial charge in [0.05, 0.1) is 27.8 Å². The van der Waals surface area contributed by atoms with Gasteiger partial charge >= 0.3 is 0 Å². The number of aromatic nitrogens is 1. The summed E-state index contributed by atoms with van der Waals surface area (Å²) in [4.78, 5) is 31.4. The molecule has 34 heavy (non-hydrogen) atoms. The fourth-order valence-electron chi connectivity index (χ4n) is 3.42. The number of carbonyl (C=O) groups excluding carboxylic acids is 2. The first kappa shape index (κ1) is 23.9. The number of nitrogens with one attached hydrogen (secondary N) is 2. The maximum atomic E-state index is 12.7. The van der Waals surface area contributed by atoms with Crippen LogP contribution in [0.15, 0.2) is 72.8 Å². The second-order valence-corrected chi connectivity index (χ2v) is 9.64. The fraction of sp³-hybridized carbons (Fsp3) is 0.192. The Kier molecular flexibility index (Phi) is 7.57. The van der Waals surface area contributed by atoms with Crippen LogP contribution in [0.4, 0.5) is 11.4 Å². The third-order valence-corrected chi connectivity index (χ3v) is 6.76. The number of carbonyl (C=O) groups is 2. The SMILES string of the molecule is C[C@@H](C(=O)Nc1ccc(Cc2nc3ccccc3s2)cc1)N(C)CC(=O)Nc1ccc(Cl)cc1. The predicted octanol–water partition coefficient (Wildman–Crippen LogP) is 5.44. The van der Waals surface area contributed by atoms with E-state index >= 15 is 0 Å². The van der Waals surface area contributed by atoms with Crippen LogP contribution in [0.2, 0.25) is 5.02 Å². The molecule has 1 atom stereocenters. The highest BCUT2D eigenvalue weighted by molar-refractivity contribution is 7.18. The smallest absolute Gasteiger partial charge is 0.241 e. The van der Waals surface area contributed by atoms with Gasteiger partial charge in [0.25, 0.3) is 0 Å². The van der Waals surface area contributed by atoms with Crippen molar-refractivity contribution < 1.29 is 9.59 Å². The van der Waals surface area contributed by atoms with Gasteiger partial charge in [0.1, 0.15) is 0 Å². The second kappa shape index (κ2) is 10.8. The van der Waals surface area contributed by atoms with Gasteiger partial charge < -0.3 is 10.6 Å². The minimum absolute atomic E-state index is 0.0817. The van der Waals surface area contributed by atoms with Crippen LogP contribution in [-0.4, -0.2) is 41.3 Å². The molecule has 1 aromatic heterocycles. The molecule has 0 bridgehead atoms. The van der Waals surface area contributed by atoms with Crippen molar-refractivity contribution in [3.63, 3.8) is 0 Å². The lowest BCUT2D eigenvalue weighted by Gasteiger charge is -2.23. The van der Waals surface area contributed by atoms with Crippen LogP contribution < -0.4 is 10.6 Å². The zero-order valence-electron chi connectivity index (χ0n) is 18.9. The number of thiazole rings is 1. The molecule has 3 aromatic carbocycles. The van der Waals surface area contributed by atoms with E-state index in [-0.39, 0.29) is 18.4 Å². The third-order valence-electron chi connectivity index (χ3n) is 5.48. The number of anilines is 2. The van der Waals surface area contributed by atoms with Crippen molar-refractivity contribution in [2.75, 3.05) is 24.2 Å². The predicted molar refractivity (Wildman–Crippen MR) is 140 cm³/mol. The topological polar surface area (TPSA) is 74.3 Å². The number of para-hydroxylation sites is 1. The van der Waals surface area contributed by atoms with E-state index in [9.17, 15) is 9.59 Å². The molecule has 2 amide bonds. The van der Waals surface area contributed by atoms with Gasteiger partial charge in [0.15, 0.2) is 0 Å². The summed E-state index contributed by atoms with van der Waals surface area (Å²) in [5, 5.41) is 7.39. The Hall–Kier alpha value is -3.26. The number of amides is 2. The van der Waals surface area contributed by atoms with Crippen LogP contribution in [0.5, 0.6) is 0 Å². The number of likely N-dealkylation sites (N-methyl/N-ethyl adjacent to an activating group) is 1. The zero-order valence-corrected chi connectivity index (χ0v) is 20.5. The number of benzene rings is 3. The molecule has 0 fully saturated rings. The molecule has 0 aliphatic rings. The van der Waals surface area contributed by atoms with E-state index in [1.54, 1.807) is 54.5 Å². The Morgan fingerprint density at radius 3 is 2.32 bits per heavy atom. The summed E-state index contributed by atoms with van der Waals surface area (Å²) in [7, 11) is 1.74. The normalized spacial score (nSPS) is 12.0. The maximum absolute atomic E-state index is 12.7. The lowest BCUT2D eigenvalue weighted by molar-refractivity contribution is -0.122. The molecule has 1 heterocycles. The van der Waals surface area contributed by atoms with E-state index in [4.69, 9.17) is 11.6 Å². The molecule has 174 valence electrons. The molecular formula is C26H25ClN4O2S. The minimum atomic E-state index is -0.488. The monoisotopic (exact) mass is 492 g/mol. The van der Waals surface area contributed by atoms with Gasteiger partial charge in [0, 0.05) is 22.8 Å². The van der Waals surface area contributed by atoms with Gasteiger partial charge in [-0.2, -0.15) is 0 Å². The number of rotatable bonds is 8.